The van der Waals surface area contributed by atoms with Gasteiger partial charge >= 0.3 is 0 Å². The molecule has 174 valence electrons. The van der Waals surface area contributed by atoms with E-state index in [1.165, 1.54) is 19.3 Å². The number of hydrogen-bond acceptors (Lipinski definition) is 3. The molecule has 0 N–H and O–H groups in total. The molecule has 0 aliphatic heterocycles. The summed E-state index contributed by atoms with van der Waals surface area (Å²) in [6.07, 6.45) is 10.3. The molecule has 32 heavy (non-hydrogen) atoms. The van der Waals surface area contributed by atoms with Gasteiger partial charge < -0.3 is 9.47 Å². The number of hydrogen-bond donors (Lipinski definition) is 0. The summed E-state index contributed by atoms with van der Waals surface area (Å²) < 4.78 is 42.8. The number of fused-ring (bicyclic) bond motifs is 3. The number of rotatable bonds is 10. The first-order valence-corrected chi connectivity index (χ1v) is 13.0. The van der Waals surface area contributed by atoms with Gasteiger partial charge in [0.15, 0.2) is 23.1 Å². The molecule has 0 spiro atoms. The molecule has 1 aliphatic rings. The van der Waals surface area contributed by atoms with Crippen molar-refractivity contribution in [1.82, 2.24) is 0 Å². The largest absolute Gasteiger partial charge is 0.490 e. The molecule has 0 amide bonds. The maximum atomic E-state index is 15.3. The average Bonchev–Trinajstić information content (AvgIpc) is 3.20. The first-order chi connectivity index (χ1) is 15.6. The standard InChI is InChI=1S/C27H34F2O2S/c1-3-5-6-7-16-30-22-14-12-20-21-13-15-23(25(29)27(21)32-26(20)24(22)28)31-17-19-10-8-18(4-2)9-11-19/h12-15,18-19H,3-11,16-17H2,1-2H3. The van der Waals surface area contributed by atoms with Crippen LogP contribution in [0.1, 0.15) is 71.6 Å². The summed E-state index contributed by atoms with van der Waals surface area (Å²) in [6, 6.07) is 7.05. The van der Waals surface area contributed by atoms with Crippen LogP contribution in [-0.2, 0) is 0 Å². The zero-order valence-electron chi connectivity index (χ0n) is 19.2. The van der Waals surface area contributed by atoms with Crippen LogP contribution in [0.4, 0.5) is 8.78 Å². The van der Waals surface area contributed by atoms with Crippen LogP contribution in [0.25, 0.3) is 20.2 Å². The first-order valence-electron chi connectivity index (χ1n) is 12.2. The van der Waals surface area contributed by atoms with Crippen LogP contribution in [0.2, 0.25) is 0 Å². The molecule has 0 saturated heterocycles. The highest BCUT2D eigenvalue weighted by molar-refractivity contribution is 7.25. The molecular formula is C27H34F2O2S. The Morgan fingerprint density at radius 3 is 1.97 bits per heavy atom. The number of halogens is 2. The SMILES string of the molecule is CCCCCCOc1ccc2c(sc3c(F)c(OCC4CCC(CC)CC4)ccc32)c1F. The van der Waals surface area contributed by atoms with Gasteiger partial charge in [0.1, 0.15) is 0 Å². The van der Waals surface area contributed by atoms with Crippen LogP contribution in [0.3, 0.4) is 0 Å². The van der Waals surface area contributed by atoms with Crippen LogP contribution in [0.15, 0.2) is 24.3 Å². The van der Waals surface area contributed by atoms with E-state index in [9.17, 15) is 0 Å². The minimum Gasteiger partial charge on any atom is -0.490 e. The normalized spacial score (nSPS) is 19.0. The Labute approximate surface area is 193 Å². The van der Waals surface area contributed by atoms with E-state index < -0.39 is 5.82 Å². The van der Waals surface area contributed by atoms with Gasteiger partial charge in [0.05, 0.1) is 22.6 Å². The molecule has 5 heteroatoms. The molecule has 0 unspecified atom stereocenters. The second kappa shape index (κ2) is 10.8. The maximum absolute atomic E-state index is 15.3. The van der Waals surface area contributed by atoms with Gasteiger partial charge in [-0.1, -0.05) is 52.4 Å². The Balaban J connectivity index is 1.48. The maximum Gasteiger partial charge on any atom is 0.182 e. The summed E-state index contributed by atoms with van der Waals surface area (Å²) in [6.45, 7) is 5.46. The summed E-state index contributed by atoms with van der Waals surface area (Å²) in [5.74, 6) is 1.07. The topological polar surface area (TPSA) is 18.5 Å². The summed E-state index contributed by atoms with van der Waals surface area (Å²) >= 11 is 1.15. The van der Waals surface area contributed by atoms with Crippen molar-refractivity contribution >= 4 is 31.5 Å². The quantitative estimate of drug-likeness (QED) is 0.281. The zero-order chi connectivity index (χ0) is 22.5. The molecule has 1 heterocycles. The van der Waals surface area contributed by atoms with Crippen molar-refractivity contribution in [3.8, 4) is 11.5 Å². The average molecular weight is 461 g/mol. The zero-order valence-corrected chi connectivity index (χ0v) is 20.0. The van der Waals surface area contributed by atoms with Crippen molar-refractivity contribution in [3.63, 3.8) is 0 Å². The molecule has 0 radical (unpaired) electrons. The van der Waals surface area contributed by atoms with Crippen LogP contribution in [0.5, 0.6) is 11.5 Å². The lowest BCUT2D eigenvalue weighted by molar-refractivity contribution is 0.177. The predicted octanol–water partition coefficient (Wildman–Crippen LogP) is 8.89. The third kappa shape index (κ3) is 5.03. The van der Waals surface area contributed by atoms with E-state index in [0.29, 0.717) is 28.5 Å². The molecule has 1 aromatic heterocycles. The van der Waals surface area contributed by atoms with Crippen molar-refractivity contribution in [1.29, 1.82) is 0 Å². The van der Waals surface area contributed by atoms with Gasteiger partial charge in [0, 0.05) is 10.8 Å². The van der Waals surface area contributed by atoms with Crippen molar-refractivity contribution in [2.24, 2.45) is 11.8 Å². The molecule has 3 aromatic rings. The minimum absolute atomic E-state index is 0.250. The number of benzene rings is 2. The first kappa shape index (κ1) is 23.3. The Hall–Kier alpha value is -1.88. The molecule has 0 atom stereocenters. The highest BCUT2D eigenvalue weighted by Gasteiger charge is 2.22. The van der Waals surface area contributed by atoms with E-state index in [0.717, 1.165) is 66.6 Å². The molecule has 1 saturated carbocycles. The van der Waals surface area contributed by atoms with E-state index in [2.05, 4.69) is 13.8 Å². The second-order valence-corrected chi connectivity index (χ2v) is 10.1. The fourth-order valence-corrected chi connectivity index (χ4v) is 5.91. The second-order valence-electron chi connectivity index (χ2n) is 9.13. The highest BCUT2D eigenvalue weighted by atomic mass is 32.1. The minimum atomic E-state index is -0.395. The fraction of sp³-hybridized carbons (Fsp3) is 0.556. The van der Waals surface area contributed by atoms with Gasteiger partial charge in [-0.05, 0) is 55.4 Å². The van der Waals surface area contributed by atoms with E-state index in [-0.39, 0.29) is 17.3 Å². The molecule has 4 rings (SSSR count). The molecule has 0 bridgehead atoms. The lowest BCUT2D eigenvalue weighted by Crippen LogP contribution is -2.20. The van der Waals surface area contributed by atoms with Crippen molar-refractivity contribution in [3.05, 3.63) is 35.9 Å². The Morgan fingerprint density at radius 2 is 1.38 bits per heavy atom. The summed E-state index contributed by atoms with van der Waals surface area (Å²) in [4.78, 5) is 0. The monoisotopic (exact) mass is 460 g/mol. The molecular weight excluding hydrogens is 426 g/mol. The van der Waals surface area contributed by atoms with Gasteiger partial charge in [-0.3, -0.25) is 0 Å². The van der Waals surface area contributed by atoms with Gasteiger partial charge in [0.2, 0.25) is 0 Å². The number of thiophene rings is 1. The van der Waals surface area contributed by atoms with Gasteiger partial charge in [-0.15, -0.1) is 11.3 Å². The lowest BCUT2D eigenvalue weighted by atomic mass is 9.81. The third-order valence-corrected chi connectivity index (χ3v) is 8.10. The lowest BCUT2D eigenvalue weighted by Gasteiger charge is -2.27. The predicted molar refractivity (Wildman–Crippen MR) is 130 cm³/mol. The Morgan fingerprint density at radius 1 is 0.781 bits per heavy atom. The van der Waals surface area contributed by atoms with Crippen LogP contribution < -0.4 is 9.47 Å². The van der Waals surface area contributed by atoms with Crippen molar-refractivity contribution in [2.75, 3.05) is 13.2 Å². The molecule has 2 nitrogen and oxygen atoms in total. The van der Waals surface area contributed by atoms with E-state index in [4.69, 9.17) is 9.47 Å². The number of unbranched alkanes of at least 4 members (excludes halogenated alkanes) is 3. The van der Waals surface area contributed by atoms with E-state index in [1.54, 1.807) is 12.1 Å². The Kier molecular flexibility index (Phi) is 7.88. The third-order valence-electron chi connectivity index (χ3n) is 6.89. The van der Waals surface area contributed by atoms with Crippen LogP contribution >= 0.6 is 11.3 Å². The van der Waals surface area contributed by atoms with E-state index in [1.807, 2.05) is 12.1 Å². The summed E-state index contributed by atoms with van der Waals surface area (Å²) in [5.41, 5.74) is 0. The van der Waals surface area contributed by atoms with Gasteiger partial charge in [-0.25, -0.2) is 8.78 Å². The smallest absolute Gasteiger partial charge is 0.182 e. The molecule has 1 aliphatic carbocycles. The fourth-order valence-electron chi connectivity index (χ4n) is 4.75. The van der Waals surface area contributed by atoms with Crippen LogP contribution in [-0.4, -0.2) is 13.2 Å². The van der Waals surface area contributed by atoms with Gasteiger partial charge in [0.25, 0.3) is 0 Å². The summed E-state index contributed by atoms with van der Waals surface area (Å²) in [7, 11) is 0. The number of ether oxygens (including phenoxy) is 2. The van der Waals surface area contributed by atoms with Crippen molar-refractivity contribution < 1.29 is 18.3 Å². The highest BCUT2D eigenvalue weighted by Crippen LogP contribution is 2.42. The molecule has 2 aromatic carbocycles. The van der Waals surface area contributed by atoms with Crippen LogP contribution in [0, 0.1) is 23.5 Å². The van der Waals surface area contributed by atoms with Gasteiger partial charge in [-0.2, -0.15) is 0 Å². The van der Waals surface area contributed by atoms with Crippen molar-refractivity contribution in [2.45, 2.75) is 71.6 Å². The summed E-state index contributed by atoms with van der Waals surface area (Å²) in [5, 5.41) is 1.45. The van der Waals surface area contributed by atoms with E-state index >= 15 is 8.78 Å². The molecule has 1 fully saturated rings. The Bertz CT molecular complexity index is 1040.